The van der Waals surface area contributed by atoms with Gasteiger partial charge in [0, 0.05) is 4.47 Å². The average Bonchev–Trinajstić information content (AvgIpc) is 2.88. The number of nitrogens with two attached hydrogens (primary N) is 1. The van der Waals surface area contributed by atoms with Gasteiger partial charge in [0.2, 0.25) is 0 Å². The van der Waals surface area contributed by atoms with Crippen LogP contribution in [0.2, 0.25) is 0 Å². The van der Waals surface area contributed by atoms with Gasteiger partial charge in [-0.15, -0.1) is 0 Å². The SMILES string of the molecule is Cc1cccc(C(N)c2ccc3c(c2)CCC3)c1Br. The summed E-state index contributed by atoms with van der Waals surface area (Å²) in [6.45, 7) is 2.10. The van der Waals surface area contributed by atoms with E-state index in [-0.39, 0.29) is 6.04 Å². The lowest BCUT2D eigenvalue weighted by Crippen LogP contribution is -2.13. The fourth-order valence-corrected chi connectivity index (χ4v) is 3.39. The molecule has 2 aromatic carbocycles. The molecule has 0 fully saturated rings. The zero-order valence-corrected chi connectivity index (χ0v) is 12.7. The second-order valence-electron chi connectivity index (χ2n) is 5.34. The van der Waals surface area contributed by atoms with Crippen LogP contribution in [0.15, 0.2) is 40.9 Å². The molecular formula is C17H18BrN. The van der Waals surface area contributed by atoms with E-state index < -0.39 is 0 Å². The van der Waals surface area contributed by atoms with Gasteiger partial charge in [0.25, 0.3) is 0 Å². The first-order valence-electron chi connectivity index (χ1n) is 6.79. The van der Waals surface area contributed by atoms with Crippen molar-refractivity contribution < 1.29 is 0 Å². The first kappa shape index (κ1) is 12.9. The summed E-state index contributed by atoms with van der Waals surface area (Å²) >= 11 is 3.66. The monoisotopic (exact) mass is 315 g/mol. The van der Waals surface area contributed by atoms with Gasteiger partial charge in [-0.2, -0.15) is 0 Å². The molecule has 0 saturated carbocycles. The maximum absolute atomic E-state index is 6.45. The molecule has 2 N–H and O–H groups in total. The minimum Gasteiger partial charge on any atom is -0.320 e. The number of benzene rings is 2. The van der Waals surface area contributed by atoms with E-state index in [0.29, 0.717) is 0 Å². The first-order valence-corrected chi connectivity index (χ1v) is 7.58. The van der Waals surface area contributed by atoms with E-state index in [1.807, 2.05) is 0 Å². The van der Waals surface area contributed by atoms with Crippen LogP contribution in [0.1, 0.15) is 40.3 Å². The van der Waals surface area contributed by atoms with Crippen LogP contribution in [0.25, 0.3) is 0 Å². The first-order chi connectivity index (χ1) is 9.16. The molecule has 2 aromatic rings. The molecule has 0 radical (unpaired) electrons. The molecule has 1 aliphatic carbocycles. The maximum atomic E-state index is 6.45. The highest BCUT2D eigenvalue weighted by Crippen LogP contribution is 2.31. The molecule has 0 aliphatic heterocycles. The normalized spacial score (nSPS) is 15.3. The van der Waals surface area contributed by atoms with Crippen molar-refractivity contribution >= 4 is 15.9 Å². The lowest BCUT2D eigenvalue weighted by Gasteiger charge is -2.17. The van der Waals surface area contributed by atoms with Gasteiger partial charge in [0.15, 0.2) is 0 Å². The highest BCUT2D eigenvalue weighted by atomic mass is 79.9. The Kier molecular flexibility index (Phi) is 3.46. The average molecular weight is 316 g/mol. The fraction of sp³-hybridized carbons (Fsp3) is 0.294. The summed E-state index contributed by atoms with van der Waals surface area (Å²) in [4.78, 5) is 0. The predicted octanol–water partition coefficient (Wildman–Crippen LogP) is 4.29. The number of aryl methyl sites for hydroxylation is 3. The Labute approximate surface area is 123 Å². The lowest BCUT2D eigenvalue weighted by molar-refractivity contribution is 0.859. The zero-order valence-electron chi connectivity index (χ0n) is 11.1. The number of fused-ring (bicyclic) bond motifs is 1. The minimum atomic E-state index is -0.0554. The molecule has 1 aliphatic rings. The van der Waals surface area contributed by atoms with E-state index in [4.69, 9.17) is 5.73 Å². The largest absolute Gasteiger partial charge is 0.320 e. The molecule has 0 spiro atoms. The third kappa shape index (κ3) is 2.35. The summed E-state index contributed by atoms with van der Waals surface area (Å²) in [7, 11) is 0. The van der Waals surface area contributed by atoms with Crippen LogP contribution in [0.4, 0.5) is 0 Å². The van der Waals surface area contributed by atoms with Crippen LogP contribution in [-0.4, -0.2) is 0 Å². The molecule has 98 valence electrons. The molecule has 0 aromatic heterocycles. The van der Waals surface area contributed by atoms with Crippen molar-refractivity contribution in [1.82, 2.24) is 0 Å². The molecule has 1 nitrogen and oxygen atoms in total. The third-order valence-corrected chi connectivity index (χ3v) is 5.12. The smallest absolute Gasteiger partial charge is 0.0563 e. The molecule has 0 bridgehead atoms. The Morgan fingerprint density at radius 1 is 1.11 bits per heavy atom. The molecule has 1 atom stereocenters. The van der Waals surface area contributed by atoms with E-state index in [0.717, 1.165) is 10.0 Å². The van der Waals surface area contributed by atoms with Gasteiger partial charge in [-0.3, -0.25) is 0 Å². The van der Waals surface area contributed by atoms with Crippen molar-refractivity contribution in [3.05, 3.63) is 68.7 Å². The van der Waals surface area contributed by atoms with Gasteiger partial charge < -0.3 is 5.73 Å². The highest BCUT2D eigenvalue weighted by molar-refractivity contribution is 9.10. The molecule has 0 amide bonds. The summed E-state index contributed by atoms with van der Waals surface area (Å²) in [5, 5.41) is 0. The van der Waals surface area contributed by atoms with Gasteiger partial charge >= 0.3 is 0 Å². The minimum absolute atomic E-state index is 0.0554. The van der Waals surface area contributed by atoms with E-state index in [1.165, 1.54) is 41.5 Å². The van der Waals surface area contributed by atoms with E-state index in [1.54, 1.807) is 0 Å². The second-order valence-corrected chi connectivity index (χ2v) is 6.13. The number of rotatable bonds is 2. The Balaban J connectivity index is 2.00. The summed E-state index contributed by atoms with van der Waals surface area (Å²) in [5.74, 6) is 0. The van der Waals surface area contributed by atoms with Crippen LogP contribution < -0.4 is 5.73 Å². The lowest BCUT2D eigenvalue weighted by atomic mass is 9.95. The van der Waals surface area contributed by atoms with Crippen molar-refractivity contribution in [2.24, 2.45) is 5.73 Å². The molecular weight excluding hydrogens is 298 g/mol. The van der Waals surface area contributed by atoms with Crippen LogP contribution in [0, 0.1) is 6.92 Å². The van der Waals surface area contributed by atoms with Gasteiger partial charge in [-0.25, -0.2) is 0 Å². The fourth-order valence-electron chi connectivity index (χ4n) is 2.88. The number of hydrogen-bond donors (Lipinski definition) is 1. The van der Waals surface area contributed by atoms with Gasteiger partial charge in [0.1, 0.15) is 0 Å². The summed E-state index contributed by atoms with van der Waals surface area (Å²) in [6, 6.07) is 13.0. The Hall–Kier alpha value is -1.12. The van der Waals surface area contributed by atoms with E-state index >= 15 is 0 Å². The summed E-state index contributed by atoms with van der Waals surface area (Å²) in [5.41, 5.74) is 13.0. The Bertz CT molecular complexity index is 619. The van der Waals surface area contributed by atoms with Crippen molar-refractivity contribution in [3.8, 4) is 0 Å². The van der Waals surface area contributed by atoms with E-state index in [9.17, 15) is 0 Å². The van der Waals surface area contributed by atoms with Crippen molar-refractivity contribution in [2.75, 3.05) is 0 Å². The number of halogens is 1. The summed E-state index contributed by atoms with van der Waals surface area (Å²) < 4.78 is 1.13. The quantitative estimate of drug-likeness (QED) is 0.878. The maximum Gasteiger partial charge on any atom is 0.0563 e. The van der Waals surface area contributed by atoms with Crippen LogP contribution in [0.5, 0.6) is 0 Å². The Morgan fingerprint density at radius 2 is 1.89 bits per heavy atom. The molecule has 0 saturated heterocycles. The van der Waals surface area contributed by atoms with Crippen molar-refractivity contribution in [2.45, 2.75) is 32.2 Å². The molecule has 3 rings (SSSR count). The van der Waals surface area contributed by atoms with E-state index in [2.05, 4.69) is 59.3 Å². The van der Waals surface area contributed by atoms with Gasteiger partial charge in [0.05, 0.1) is 6.04 Å². The molecule has 1 unspecified atom stereocenters. The molecule has 2 heteroatoms. The van der Waals surface area contributed by atoms with Crippen LogP contribution in [0.3, 0.4) is 0 Å². The van der Waals surface area contributed by atoms with Gasteiger partial charge in [-0.1, -0.05) is 52.3 Å². The number of hydrogen-bond acceptors (Lipinski definition) is 1. The van der Waals surface area contributed by atoms with Crippen molar-refractivity contribution in [1.29, 1.82) is 0 Å². The summed E-state index contributed by atoms with van der Waals surface area (Å²) in [6.07, 6.45) is 3.70. The van der Waals surface area contributed by atoms with Crippen LogP contribution in [-0.2, 0) is 12.8 Å². The highest BCUT2D eigenvalue weighted by Gasteiger charge is 2.16. The topological polar surface area (TPSA) is 26.0 Å². The van der Waals surface area contributed by atoms with Gasteiger partial charge in [-0.05, 0) is 54.0 Å². The predicted molar refractivity (Wildman–Crippen MR) is 83.4 cm³/mol. The van der Waals surface area contributed by atoms with Crippen molar-refractivity contribution in [3.63, 3.8) is 0 Å². The second kappa shape index (κ2) is 5.10. The standard InChI is InChI=1S/C17H18BrN/c1-11-4-2-7-15(16(11)18)17(19)14-9-8-12-5-3-6-13(12)10-14/h2,4,7-10,17H,3,5-6,19H2,1H3. The third-order valence-electron chi connectivity index (χ3n) is 4.04. The Morgan fingerprint density at radius 3 is 2.74 bits per heavy atom. The van der Waals surface area contributed by atoms with Crippen LogP contribution >= 0.6 is 15.9 Å². The molecule has 19 heavy (non-hydrogen) atoms. The molecule has 0 heterocycles. The zero-order chi connectivity index (χ0) is 13.4.